The van der Waals surface area contributed by atoms with Gasteiger partial charge in [0.15, 0.2) is 0 Å². The predicted molar refractivity (Wildman–Crippen MR) is 227 cm³/mol. The average molecular weight is 713 g/mol. The molecule has 1 unspecified atom stereocenters. The van der Waals surface area contributed by atoms with E-state index >= 15 is 0 Å². The number of hydrogen-bond donors (Lipinski definition) is 0. The molecule has 298 valence electrons. The summed E-state index contributed by atoms with van der Waals surface area (Å²) in [7, 11) is 2.28. The van der Waals surface area contributed by atoms with Crippen LogP contribution in [0.1, 0.15) is 187 Å². The molecule has 0 N–H and O–H groups in total. The molecule has 0 spiro atoms. The molecule has 0 bridgehead atoms. The van der Waals surface area contributed by atoms with Gasteiger partial charge in [0.05, 0.1) is 19.3 Å². The molecule has 1 heterocycles. The first-order valence-electron chi connectivity index (χ1n) is 22.5. The zero-order chi connectivity index (χ0) is 36.6. The van der Waals surface area contributed by atoms with Crippen LogP contribution in [0.15, 0.2) is 48.6 Å². The number of ether oxygens (including phenoxy) is 2. The van der Waals surface area contributed by atoms with Gasteiger partial charge in [0.1, 0.15) is 0 Å². The lowest BCUT2D eigenvalue weighted by Crippen LogP contribution is -2.41. The monoisotopic (exact) mass is 713 g/mol. The standard InChI is InChI=1S/C47H88N2O2/c1-4-6-8-10-12-14-16-18-20-22-24-26-28-30-32-36-43-50-45-47(48(3)39-38-42-49-40-34-35-41-49)46-51-44-37-33-31-29-27-25-23-21-19-17-15-13-11-9-7-5-2/h12-15,18-21,47H,4-11,16-17,22-46H2,1-3H3/b14-12-,15-13+,20-18-,21-19+. The van der Waals surface area contributed by atoms with E-state index in [4.69, 9.17) is 9.47 Å². The maximum Gasteiger partial charge on any atom is 0.0644 e. The fourth-order valence-corrected chi connectivity index (χ4v) is 6.86. The third kappa shape index (κ3) is 34.3. The number of hydrogen-bond acceptors (Lipinski definition) is 4. The van der Waals surface area contributed by atoms with E-state index in [1.807, 2.05) is 0 Å². The first-order chi connectivity index (χ1) is 25.3. The minimum Gasteiger partial charge on any atom is -0.380 e. The van der Waals surface area contributed by atoms with Crippen molar-refractivity contribution in [3.8, 4) is 0 Å². The summed E-state index contributed by atoms with van der Waals surface area (Å²) < 4.78 is 12.5. The molecule has 4 heteroatoms. The van der Waals surface area contributed by atoms with E-state index in [0.29, 0.717) is 6.04 Å². The Kier molecular flexibility index (Phi) is 37.5. The van der Waals surface area contributed by atoms with Crippen LogP contribution >= 0.6 is 0 Å². The molecule has 0 radical (unpaired) electrons. The summed E-state index contributed by atoms with van der Waals surface area (Å²) in [5.74, 6) is 0. The minimum absolute atomic E-state index is 0.359. The highest BCUT2D eigenvalue weighted by Crippen LogP contribution is 2.12. The van der Waals surface area contributed by atoms with E-state index < -0.39 is 0 Å². The highest BCUT2D eigenvalue weighted by molar-refractivity contribution is 4.93. The molecule has 0 aliphatic carbocycles. The van der Waals surface area contributed by atoms with Crippen molar-refractivity contribution in [2.24, 2.45) is 0 Å². The van der Waals surface area contributed by atoms with Crippen LogP contribution in [-0.4, -0.2) is 75.5 Å². The molecule has 51 heavy (non-hydrogen) atoms. The molecule has 1 aliphatic heterocycles. The van der Waals surface area contributed by atoms with Crippen LogP contribution in [0, 0.1) is 0 Å². The van der Waals surface area contributed by atoms with Crippen molar-refractivity contribution in [2.75, 3.05) is 59.7 Å². The second-order valence-corrected chi connectivity index (χ2v) is 15.4. The van der Waals surface area contributed by atoms with Gasteiger partial charge in [0, 0.05) is 13.2 Å². The van der Waals surface area contributed by atoms with Crippen LogP contribution in [0.2, 0.25) is 0 Å². The fraction of sp³-hybridized carbons (Fsp3) is 0.830. The molecular weight excluding hydrogens is 625 g/mol. The second kappa shape index (κ2) is 40.0. The maximum absolute atomic E-state index is 6.25. The Morgan fingerprint density at radius 2 is 0.882 bits per heavy atom. The Labute approximate surface area is 320 Å². The van der Waals surface area contributed by atoms with Crippen LogP contribution in [-0.2, 0) is 9.47 Å². The van der Waals surface area contributed by atoms with E-state index in [1.54, 1.807) is 0 Å². The largest absolute Gasteiger partial charge is 0.380 e. The SMILES string of the molecule is CCCCC/C=C\C/C=C\CCCCCCCCOCC(COCCCCCCCC/C=C/C/C=C/CCCCC)N(C)CCCN1CCCC1. The topological polar surface area (TPSA) is 24.9 Å². The van der Waals surface area contributed by atoms with Crippen molar-refractivity contribution in [2.45, 2.75) is 193 Å². The first kappa shape index (κ1) is 47.8. The van der Waals surface area contributed by atoms with E-state index in [0.717, 1.165) is 45.8 Å². The smallest absolute Gasteiger partial charge is 0.0644 e. The summed E-state index contributed by atoms with van der Waals surface area (Å²) >= 11 is 0. The lowest BCUT2D eigenvalue weighted by atomic mass is 10.1. The number of unbranched alkanes of at least 4 members (excludes halogenated alkanes) is 18. The number of nitrogens with zero attached hydrogens (tertiary/aromatic N) is 2. The van der Waals surface area contributed by atoms with Crippen LogP contribution in [0.4, 0.5) is 0 Å². The van der Waals surface area contributed by atoms with E-state index in [9.17, 15) is 0 Å². The second-order valence-electron chi connectivity index (χ2n) is 15.4. The molecule has 0 aromatic rings. The highest BCUT2D eigenvalue weighted by Gasteiger charge is 2.17. The summed E-state index contributed by atoms with van der Waals surface area (Å²) in [6, 6.07) is 0.359. The summed E-state index contributed by atoms with van der Waals surface area (Å²) in [5, 5.41) is 0. The van der Waals surface area contributed by atoms with E-state index in [-0.39, 0.29) is 0 Å². The zero-order valence-electron chi connectivity index (χ0n) is 34.7. The quantitative estimate of drug-likeness (QED) is 0.0468. The Morgan fingerprint density at radius 3 is 1.31 bits per heavy atom. The Balaban J connectivity index is 2.09. The van der Waals surface area contributed by atoms with Crippen molar-refractivity contribution < 1.29 is 9.47 Å². The van der Waals surface area contributed by atoms with Crippen LogP contribution in [0.5, 0.6) is 0 Å². The Bertz CT molecular complexity index is 748. The van der Waals surface area contributed by atoms with Crippen molar-refractivity contribution in [3.05, 3.63) is 48.6 Å². The van der Waals surface area contributed by atoms with Crippen LogP contribution < -0.4 is 0 Å². The van der Waals surface area contributed by atoms with Gasteiger partial charge >= 0.3 is 0 Å². The Morgan fingerprint density at radius 1 is 0.490 bits per heavy atom. The number of rotatable bonds is 39. The van der Waals surface area contributed by atoms with Gasteiger partial charge in [-0.15, -0.1) is 0 Å². The summed E-state index contributed by atoms with van der Waals surface area (Å²) in [6.07, 6.45) is 53.7. The molecule has 0 aromatic carbocycles. The molecule has 1 atom stereocenters. The van der Waals surface area contributed by atoms with E-state index in [2.05, 4.69) is 79.3 Å². The van der Waals surface area contributed by atoms with Gasteiger partial charge in [-0.3, -0.25) is 4.90 Å². The van der Waals surface area contributed by atoms with Crippen molar-refractivity contribution in [1.29, 1.82) is 0 Å². The van der Waals surface area contributed by atoms with E-state index in [1.165, 1.54) is 180 Å². The van der Waals surface area contributed by atoms with Gasteiger partial charge in [0.25, 0.3) is 0 Å². The normalized spacial score (nSPS) is 15.0. The first-order valence-corrected chi connectivity index (χ1v) is 22.5. The van der Waals surface area contributed by atoms with Gasteiger partial charge in [-0.1, -0.05) is 140 Å². The van der Waals surface area contributed by atoms with Crippen LogP contribution in [0.3, 0.4) is 0 Å². The van der Waals surface area contributed by atoms with Crippen molar-refractivity contribution in [3.63, 3.8) is 0 Å². The van der Waals surface area contributed by atoms with Gasteiger partial charge < -0.3 is 14.4 Å². The highest BCUT2D eigenvalue weighted by atomic mass is 16.5. The Hall–Kier alpha value is -1.20. The lowest BCUT2D eigenvalue weighted by Gasteiger charge is -2.28. The third-order valence-corrected chi connectivity index (χ3v) is 10.4. The summed E-state index contributed by atoms with van der Waals surface area (Å²) in [4.78, 5) is 5.14. The maximum atomic E-state index is 6.25. The zero-order valence-corrected chi connectivity index (χ0v) is 34.7. The van der Waals surface area contributed by atoms with Crippen molar-refractivity contribution in [1.82, 2.24) is 9.80 Å². The van der Waals surface area contributed by atoms with Crippen molar-refractivity contribution >= 4 is 0 Å². The molecular formula is C47H88N2O2. The third-order valence-electron chi connectivity index (χ3n) is 10.4. The summed E-state index contributed by atoms with van der Waals surface area (Å²) in [5.41, 5.74) is 0. The van der Waals surface area contributed by atoms with Gasteiger partial charge in [-0.2, -0.15) is 0 Å². The molecule has 0 saturated carbocycles. The fourth-order valence-electron chi connectivity index (χ4n) is 6.86. The number of likely N-dealkylation sites (tertiary alicyclic amines) is 1. The van der Waals surface area contributed by atoms with Crippen LogP contribution in [0.25, 0.3) is 0 Å². The molecule has 1 rings (SSSR count). The number of likely N-dealkylation sites (N-methyl/N-ethyl adjacent to an activating group) is 1. The molecule has 0 amide bonds. The van der Waals surface area contributed by atoms with Gasteiger partial charge in [-0.05, 0) is 130 Å². The summed E-state index contributed by atoms with van der Waals surface area (Å²) in [6.45, 7) is 12.9. The predicted octanol–water partition coefficient (Wildman–Crippen LogP) is 13.4. The van der Waals surface area contributed by atoms with Gasteiger partial charge in [-0.25, -0.2) is 0 Å². The molecule has 1 aliphatic rings. The molecule has 4 nitrogen and oxygen atoms in total. The average Bonchev–Trinajstić information content (AvgIpc) is 3.66. The lowest BCUT2D eigenvalue weighted by molar-refractivity contribution is 0.0110. The number of allylic oxidation sites excluding steroid dienone is 8. The molecule has 1 fully saturated rings. The minimum atomic E-state index is 0.359. The molecule has 1 saturated heterocycles. The molecule has 0 aromatic heterocycles. The van der Waals surface area contributed by atoms with Gasteiger partial charge in [0.2, 0.25) is 0 Å².